The summed E-state index contributed by atoms with van der Waals surface area (Å²) in [6, 6.07) is 0.712. The van der Waals surface area contributed by atoms with Gasteiger partial charge in [-0.2, -0.15) is 31.4 Å². The van der Waals surface area contributed by atoms with E-state index in [2.05, 4.69) is 16.0 Å². The maximum absolute atomic E-state index is 12.7. The highest BCUT2D eigenvalue weighted by molar-refractivity contribution is 5.17. The molecule has 1 N–H and O–H groups in total. The zero-order valence-electron chi connectivity index (χ0n) is 10.8. The maximum Gasteiger partial charge on any atom is 0.435 e. The molecule has 0 aliphatic carbocycles. The molecule has 2 heterocycles. The van der Waals surface area contributed by atoms with Crippen molar-refractivity contribution in [2.75, 3.05) is 0 Å². The van der Waals surface area contributed by atoms with Crippen LogP contribution in [-0.4, -0.2) is 21.5 Å². The minimum absolute atomic E-state index is 0.336. The third kappa shape index (κ3) is 3.90. The maximum atomic E-state index is 12.7. The fraction of sp³-hybridized carbons (Fsp3) is 0.545. The lowest BCUT2D eigenvalue weighted by molar-refractivity contribution is -0.148. The summed E-state index contributed by atoms with van der Waals surface area (Å²) < 4.78 is 76.1. The lowest BCUT2D eigenvalue weighted by atomic mass is 9.95. The van der Waals surface area contributed by atoms with E-state index in [1.165, 1.54) is 13.0 Å². The fourth-order valence-electron chi connectivity index (χ4n) is 2.14. The van der Waals surface area contributed by atoms with E-state index >= 15 is 0 Å². The second-order valence-electron chi connectivity index (χ2n) is 4.85. The van der Waals surface area contributed by atoms with Crippen LogP contribution in [0, 0.1) is 0 Å². The van der Waals surface area contributed by atoms with Crippen LogP contribution in [0.15, 0.2) is 24.0 Å². The smallest absolute Gasteiger partial charge is 0.270 e. The zero-order chi connectivity index (χ0) is 15.9. The van der Waals surface area contributed by atoms with Gasteiger partial charge in [0.1, 0.15) is 0 Å². The quantitative estimate of drug-likeness (QED) is 0.872. The molecule has 0 fully saturated rings. The number of nitrogens with zero attached hydrogens (tertiary/aromatic N) is 3. The molecule has 1 aliphatic heterocycles. The highest BCUT2D eigenvalue weighted by Gasteiger charge is 2.45. The Morgan fingerprint density at radius 1 is 1.24 bits per heavy atom. The molecule has 4 nitrogen and oxygen atoms in total. The van der Waals surface area contributed by atoms with Gasteiger partial charge in [0.05, 0.1) is 18.5 Å². The molecule has 1 atom stereocenters. The van der Waals surface area contributed by atoms with Crippen molar-refractivity contribution in [3.8, 4) is 0 Å². The van der Waals surface area contributed by atoms with E-state index in [1.807, 2.05) is 0 Å². The van der Waals surface area contributed by atoms with Gasteiger partial charge in [-0.3, -0.25) is 4.68 Å². The fourth-order valence-corrected chi connectivity index (χ4v) is 2.14. The Labute approximate surface area is 115 Å². The van der Waals surface area contributed by atoms with Gasteiger partial charge in [0.25, 0.3) is 0 Å². The molecule has 117 valence electrons. The monoisotopic (exact) mass is 313 g/mol. The Kier molecular flexibility index (Phi) is 3.68. The number of alkyl halides is 6. The summed E-state index contributed by atoms with van der Waals surface area (Å²) in [6.45, 7) is 1.08. The van der Waals surface area contributed by atoms with Crippen molar-refractivity contribution in [1.82, 2.24) is 20.6 Å². The summed E-state index contributed by atoms with van der Waals surface area (Å²) in [5.41, 5.74) is 3.57. The summed E-state index contributed by atoms with van der Waals surface area (Å²) in [5.74, 6) is 0. The normalized spacial score (nSPS) is 23.1. The molecule has 10 heteroatoms. The Bertz CT molecular complexity index is 544. The number of hydrogen-bond donors (Lipinski definition) is 1. The highest BCUT2D eigenvalue weighted by atomic mass is 19.4. The van der Waals surface area contributed by atoms with Crippen LogP contribution < -0.4 is 10.9 Å². The third-order valence-corrected chi connectivity index (χ3v) is 2.83. The average Bonchev–Trinajstić information content (AvgIpc) is 2.83. The predicted octanol–water partition coefficient (Wildman–Crippen LogP) is 2.62. The molecule has 1 aromatic rings. The van der Waals surface area contributed by atoms with E-state index in [1.54, 1.807) is 0 Å². The molecule has 0 bridgehead atoms. The van der Waals surface area contributed by atoms with Crippen molar-refractivity contribution < 1.29 is 26.3 Å². The number of aromatic nitrogens is 2. The first kappa shape index (κ1) is 15.7. The Morgan fingerprint density at radius 2 is 1.90 bits per heavy atom. The van der Waals surface area contributed by atoms with E-state index in [0.717, 1.165) is 10.9 Å². The van der Waals surface area contributed by atoms with Crippen molar-refractivity contribution in [3.05, 3.63) is 29.7 Å². The van der Waals surface area contributed by atoms with Gasteiger partial charge in [-0.15, -0.1) is 0 Å². The van der Waals surface area contributed by atoms with Crippen LogP contribution in [-0.2, 0) is 12.7 Å². The Morgan fingerprint density at radius 3 is 2.33 bits per heavy atom. The summed E-state index contributed by atoms with van der Waals surface area (Å²) in [5, 5.41) is 3.26. The van der Waals surface area contributed by atoms with Crippen LogP contribution in [0.3, 0.4) is 0 Å². The van der Waals surface area contributed by atoms with Crippen molar-refractivity contribution >= 4 is 0 Å². The number of allylic oxidation sites excluding steroid dienone is 1. The second-order valence-corrected chi connectivity index (χ2v) is 4.85. The number of halogens is 6. The van der Waals surface area contributed by atoms with E-state index in [-0.39, 0.29) is 0 Å². The molecule has 21 heavy (non-hydrogen) atoms. The van der Waals surface area contributed by atoms with Crippen LogP contribution in [0.1, 0.15) is 19.0 Å². The first-order valence-electron chi connectivity index (χ1n) is 5.84. The zero-order valence-corrected chi connectivity index (χ0v) is 10.8. The lowest BCUT2D eigenvalue weighted by Crippen LogP contribution is -2.48. The third-order valence-electron chi connectivity index (χ3n) is 2.83. The topological polar surface area (TPSA) is 44.0 Å². The van der Waals surface area contributed by atoms with Gasteiger partial charge in [-0.25, -0.2) is 10.9 Å². The first-order chi connectivity index (χ1) is 9.49. The van der Waals surface area contributed by atoms with Gasteiger partial charge in [0.2, 0.25) is 0 Å². The van der Waals surface area contributed by atoms with Gasteiger partial charge in [0.15, 0.2) is 5.69 Å². The summed E-state index contributed by atoms with van der Waals surface area (Å²) in [7, 11) is 0. The number of rotatable bonds is 3. The number of nitrogens with one attached hydrogen (secondary N) is 1. The summed E-state index contributed by atoms with van der Waals surface area (Å²) in [4.78, 5) is 0. The average molecular weight is 313 g/mol. The van der Waals surface area contributed by atoms with Crippen LogP contribution in [0.2, 0.25) is 0 Å². The predicted molar refractivity (Wildman–Crippen MR) is 59.7 cm³/mol. The molecular weight excluding hydrogens is 302 g/mol. The van der Waals surface area contributed by atoms with Gasteiger partial charge in [-0.05, 0) is 19.1 Å². The summed E-state index contributed by atoms with van der Waals surface area (Å²) >= 11 is 0. The minimum atomic E-state index is -4.64. The molecule has 0 amide bonds. The van der Waals surface area contributed by atoms with Crippen LogP contribution in [0.5, 0.6) is 0 Å². The molecular formula is C11H11F6N4. The van der Waals surface area contributed by atoms with Crippen LogP contribution >= 0.6 is 0 Å². The molecule has 1 aromatic heterocycles. The van der Waals surface area contributed by atoms with Crippen molar-refractivity contribution in [3.63, 3.8) is 0 Å². The van der Waals surface area contributed by atoms with Gasteiger partial charge < -0.3 is 0 Å². The van der Waals surface area contributed by atoms with Crippen molar-refractivity contribution in [2.45, 2.75) is 37.8 Å². The van der Waals surface area contributed by atoms with Crippen molar-refractivity contribution in [1.29, 1.82) is 0 Å². The summed E-state index contributed by atoms with van der Waals surface area (Å²) in [6.07, 6.45) is -8.16. The van der Waals surface area contributed by atoms with Gasteiger partial charge in [0, 0.05) is 11.9 Å². The van der Waals surface area contributed by atoms with Crippen LogP contribution in [0.25, 0.3) is 0 Å². The van der Waals surface area contributed by atoms with E-state index < -0.39 is 36.6 Å². The molecule has 0 aromatic carbocycles. The van der Waals surface area contributed by atoms with E-state index in [9.17, 15) is 26.3 Å². The van der Waals surface area contributed by atoms with E-state index in [4.69, 9.17) is 0 Å². The minimum Gasteiger partial charge on any atom is -0.270 e. The molecule has 0 saturated carbocycles. The van der Waals surface area contributed by atoms with Crippen LogP contribution in [0.4, 0.5) is 26.3 Å². The molecule has 0 spiro atoms. The molecule has 0 saturated heterocycles. The number of hydrogen-bond acceptors (Lipinski definition) is 2. The first-order valence-corrected chi connectivity index (χ1v) is 5.84. The Hall–Kier alpha value is -1.71. The second kappa shape index (κ2) is 4.93. The largest absolute Gasteiger partial charge is 0.435 e. The SMILES string of the molecule is CC1=CC(Cn2ccc(C(F)(F)F)n2)(CC(F)(F)F)N[N]1. The van der Waals surface area contributed by atoms with Gasteiger partial charge in [-0.1, -0.05) is 0 Å². The van der Waals surface area contributed by atoms with Crippen molar-refractivity contribution in [2.24, 2.45) is 0 Å². The molecule has 1 unspecified atom stereocenters. The lowest BCUT2D eigenvalue weighted by Gasteiger charge is -2.27. The van der Waals surface area contributed by atoms with E-state index in [0.29, 0.717) is 11.8 Å². The van der Waals surface area contributed by atoms with Gasteiger partial charge >= 0.3 is 12.4 Å². The molecule has 1 aliphatic rings. The highest BCUT2D eigenvalue weighted by Crippen LogP contribution is 2.33. The standard InChI is InChI=1S/C11H11F6N4/c1-7-4-9(20-18-7,5-10(12,13)14)6-21-3-2-8(19-21)11(15,16)17/h2-4,20H,5-6H2,1H3. The molecule has 2 rings (SSSR count). The Balaban J connectivity index is 2.23. The molecule has 1 radical (unpaired) electrons.